The van der Waals surface area contributed by atoms with Crippen LogP contribution in [-0.4, -0.2) is 4.70 Å². The second-order valence-electron chi connectivity index (χ2n) is 14.3. The van der Waals surface area contributed by atoms with Crippen molar-refractivity contribution in [1.82, 2.24) is 0 Å². The van der Waals surface area contributed by atoms with Gasteiger partial charge in [0.1, 0.15) is 0 Å². The summed E-state index contributed by atoms with van der Waals surface area (Å²) in [7, 11) is 0. The predicted molar refractivity (Wildman–Crippen MR) is 224 cm³/mol. The third-order valence-corrected chi connectivity index (χ3v) is 9.81. The third kappa shape index (κ3) is 19.6. The summed E-state index contributed by atoms with van der Waals surface area (Å²) in [6, 6.07) is 17.6. The predicted octanol–water partition coefficient (Wildman–Crippen LogP) is 16.3. The van der Waals surface area contributed by atoms with Crippen molar-refractivity contribution in [3.8, 4) is 0 Å². The number of benzene rings is 2. The van der Waals surface area contributed by atoms with E-state index in [2.05, 4.69) is 104 Å². The quantitative estimate of drug-likeness (QED) is 0.0443. The Balaban J connectivity index is 0.00000109. The largest absolute Gasteiger partial charge is 2.00 e. The van der Waals surface area contributed by atoms with Crippen molar-refractivity contribution in [2.24, 2.45) is 0 Å². The Labute approximate surface area is 328 Å². The molecule has 0 saturated carbocycles. The minimum absolute atomic E-state index is 0. The van der Waals surface area contributed by atoms with E-state index in [9.17, 15) is 5.53 Å². The maximum Gasteiger partial charge on any atom is 2.00 e. The van der Waals surface area contributed by atoms with Gasteiger partial charge in [-0.2, -0.15) is 12.8 Å². The van der Waals surface area contributed by atoms with Crippen molar-refractivity contribution in [3.63, 3.8) is 0 Å². The zero-order valence-corrected chi connectivity index (χ0v) is 35.2. The molecule has 1 aliphatic rings. The van der Waals surface area contributed by atoms with Crippen LogP contribution in [0, 0.1) is 13.8 Å². The molecule has 0 spiro atoms. The van der Waals surface area contributed by atoms with Crippen molar-refractivity contribution in [1.29, 1.82) is 0 Å². The first-order valence-electron chi connectivity index (χ1n) is 21.2. The van der Waals surface area contributed by atoms with Crippen molar-refractivity contribution >= 4 is 11.4 Å². The zero-order chi connectivity index (χ0) is 36.8. The molecule has 1 aliphatic heterocycles. The van der Waals surface area contributed by atoms with Gasteiger partial charge in [0.05, 0.1) is 0 Å². The van der Waals surface area contributed by atoms with Gasteiger partial charge in [0.15, 0.2) is 0 Å². The first-order chi connectivity index (χ1) is 24.5. The number of nitrogens with zero attached hydrogens (tertiary/aromatic N) is 2. The SMILES string of the molecule is CCCCC1=C(c2ccc(CC)cc2)[N+](=[N-])C(c2ccc(CCCC)cc2)=C1CCCC.[CH2-]CCCCCCCC.[CH2-]CCCCCCCC.[Ni+2]. The molecular weight excluding hydrogens is 663 g/mol. The van der Waals surface area contributed by atoms with Gasteiger partial charge in [0.25, 0.3) is 0 Å². The number of hydrogen-bond donors (Lipinski definition) is 0. The molecule has 2 aromatic rings. The first-order valence-corrected chi connectivity index (χ1v) is 21.2. The van der Waals surface area contributed by atoms with Crippen LogP contribution in [0.4, 0.5) is 0 Å². The zero-order valence-electron chi connectivity index (χ0n) is 34.2. The number of rotatable bonds is 24. The van der Waals surface area contributed by atoms with Crippen molar-refractivity contribution in [2.75, 3.05) is 0 Å². The van der Waals surface area contributed by atoms with Crippen LogP contribution in [0.25, 0.3) is 16.9 Å². The Hall–Kier alpha value is -1.99. The van der Waals surface area contributed by atoms with Gasteiger partial charge in [-0.3, -0.25) is 0 Å². The molecule has 2 nitrogen and oxygen atoms in total. The molecule has 0 amide bonds. The summed E-state index contributed by atoms with van der Waals surface area (Å²) in [5, 5.41) is 0. The number of unbranched alkanes of at least 4 members (excludes halogenated alkanes) is 15. The van der Waals surface area contributed by atoms with E-state index in [1.165, 1.54) is 117 Å². The van der Waals surface area contributed by atoms with Crippen LogP contribution in [0.3, 0.4) is 0 Å². The molecule has 0 aliphatic carbocycles. The van der Waals surface area contributed by atoms with Crippen LogP contribution < -0.4 is 0 Å². The Morgan fingerprint density at radius 3 is 1.12 bits per heavy atom. The standard InChI is InChI=1S/C30H40N2.2C9H19.Ni/c1-5-9-12-24-17-21-26(22-18-24)30-28(14-11-7-3)27(13-10-6-2)29(32(30)31)25-19-15-23(8-4)16-20-25;2*1-3-5-7-9-8-6-4-2;/h15-22H,5-14H2,1-4H3;2*1,3-9H2,2H3;/q;2*-1;+2. The van der Waals surface area contributed by atoms with Crippen molar-refractivity contribution in [2.45, 2.75) is 196 Å². The maximum atomic E-state index is 11.5. The fourth-order valence-electron chi connectivity index (χ4n) is 6.51. The van der Waals surface area contributed by atoms with Crippen molar-refractivity contribution in [3.05, 3.63) is 101 Å². The van der Waals surface area contributed by atoms with Crippen LogP contribution in [0.5, 0.6) is 0 Å². The Morgan fingerprint density at radius 1 is 0.431 bits per heavy atom. The van der Waals surface area contributed by atoms with E-state index in [0.29, 0.717) is 0 Å². The summed E-state index contributed by atoms with van der Waals surface area (Å²) < 4.78 is 1.50. The van der Waals surface area contributed by atoms with E-state index in [1.54, 1.807) is 0 Å². The minimum Gasteiger partial charge on any atom is -0.493 e. The molecule has 0 bridgehead atoms. The number of aryl methyl sites for hydroxylation is 2. The summed E-state index contributed by atoms with van der Waals surface area (Å²) in [5.74, 6) is 0. The summed E-state index contributed by atoms with van der Waals surface area (Å²) in [6.45, 7) is 21.0. The van der Waals surface area contributed by atoms with E-state index in [1.807, 2.05) is 0 Å². The molecule has 1 heterocycles. The molecule has 3 heteroatoms. The molecule has 0 atom stereocenters. The smallest absolute Gasteiger partial charge is 0.493 e. The van der Waals surface area contributed by atoms with Gasteiger partial charge in [-0.25, -0.2) is 4.70 Å². The van der Waals surface area contributed by atoms with Gasteiger partial charge in [0, 0.05) is 22.3 Å². The van der Waals surface area contributed by atoms with E-state index in [-0.39, 0.29) is 16.5 Å². The number of hydrogen-bond acceptors (Lipinski definition) is 0. The van der Waals surface area contributed by atoms with E-state index >= 15 is 0 Å². The second-order valence-corrected chi connectivity index (χ2v) is 14.3. The molecule has 0 N–H and O–H groups in total. The topological polar surface area (TPSA) is 25.3 Å². The summed E-state index contributed by atoms with van der Waals surface area (Å²) >= 11 is 0. The molecule has 0 aromatic heterocycles. The third-order valence-electron chi connectivity index (χ3n) is 9.81. The Kier molecular flexibility index (Phi) is 31.4. The average molecular weight is 742 g/mol. The molecule has 0 fully saturated rings. The summed E-state index contributed by atoms with van der Waals surface area (Å²) in [4.78, 5) is 0. The molecule has 0 unspecified atom stereocenters. The Morgan fingerprint density at radius 2 is 0.765 bits per heavy atom. The van der Waals surface area contributed by atoms with Gasteiger partial charge in [-0.15, -0.1) is 0 Å². The molecule has 2 aromatic carbocycles. The van der Waals surface area contributed by atoms with Gasteiger partial charge in [-0.1, -0.05) is 162 Å². The maximum absolute atomic E-state index is 11.5. The normalized spacial score (nSPS) is 12.4. The van der Waals surface area contributed by atoms with E-state index < -0.39 is 0 Å². The second kappa shape index (κ2) is 32.6. The molecular formula is C48H78N2Ni. The van der Waals surface area contributed by atoms with Crippen LogP contribution in [0.1, 0.15) is 205 Å². The fraction of sp³-hybridized carbons (Fsp3) is 0.625. The van der Waals surface area contributed by atoms with Gasteiger partial charge < -0.3 is 19.4 Å². The molecule has 3 rings (SSSR count). The Bertz CT molecular complexity index is 1160. The van der Waals surface area contributed by atoms with Crippen molar-refractivity contribution < 1.29 is 21.2 Å². The average Bonchev–Trinajstić information content (AvgIpc) is 3.42. The van der Waals surface area contributed by atoms with Gasteiger partial charge in [-0.05, 0) is 80.3 Å². The van der Waals surface area contributed by atoms with Crippen LogP contribution in [0.2, 0.25) is 0 Å². The molecule has 290 valence electrons. The van der Waals surface area contributed by atoms with Gasteiger partial charge >= 0.3 is 16.5 Å². The summed E-state index contributed by atoms with van der Waals surface area (Å²) in [5.41, 5.74) is 21.1. The van der Waals surface area contributed by atoms with E-state index in [4.69, 9.17) is 0 Å². The summed E-state index contributed by atoms with van der Waals surface area (Å²) in [6.07, 6.45) is 30.1. The monoisotopic (exact) mass is 741 g/mol. The number of allylic oxidation sites excluding steroid dienone is 2. The van der Waals surface area contributed by atoms with Crippen LogP contribution >= 0.6 is 0 Å². The van der Waals surface area contributed by atoms with E-state index in [0.717, 1.165) is 86.7 Å². The minimum atomic E-state index is 0. The van der Waals surface area contributed by atoms with Gasteiger partial charge in [0.2, 0.25) is 11.4 Å². The van der Waals surface area contributed by atoms with Crippen LogP contribution in [0.15, 0.2) is 59.7 Å². The fourth-order valence-corrected chi connectivity index (χ4v) is 6.51. The molecule has 0 saturated heterocycles. The first kappa shape index (κ1) is 49.0. The molecule has 51 heavy (non-hydrogen) atoms. The van der Waals surface area contributed by atoms with Crippen LogP contribution in [-0.2, 0) is 29.3 Å². The molecule has 0 radical (unpaired) electrons.